The minimum Gasteiger partial charge on any atom is -0.474 e. The van der Waals surface area contributed by atoms with Crippen LogP contribution < -0.4 is 15.4 Å². The highest BCUT2D eigenvalue weighted by Crippen LogP contribution is 2.25. The van der Waals surface area contributed by atoms with Crippen LogP contribution in [-0.2, 0) is 0 Å². The number of hydrogen-bond acceptors (Lipinski definition) is 3. The van der Waals surface area contributed by atoms with Crippen molar-refractivity contribution in [3.63, 3.8) is 0 Å². The number of hydrogen-bond donors (Lipinski definition) is 2. The van der Waals surface area contributed by atoms with Crippen LogP contribution in [0, 0.1) is 6.92 Å². The Morgan fingerprint density at radius 1 is 1.00 bits per heavy atom. The van der Waals surface area contributed by atoms with E-state index in [1.807, 2.05) is 67.7 Å². The molecule has 1 heterocycles. The zero-order chi connectivity index (χ0) is 19.3. The third-order valence-corrected chi connectivity index (χ3v) is 5.22. The molecule has 0 atom stereocenters. The largest absolute Gasteiger partial charge is 0.474 e. The highest BCUT2D eigenvalue weighted by atomic mass is 16.5. The van der Waals surface area contributed by atoms with Gasteiger partial charge in [0.1, 0.15) is 6.10 Å². The van der Waals surface area contributed by atoms with Crippen LogP contribution in [-0.4, -0.2) is 23.2 Å². The van der Waals surface area contributed by atoms with Gasteiger partial charge < -0.3 is 15.4 Å². The molecule has 0 spiro atoms. The van der Waals surface area contributed by atoms with Crippen molar-refractivity contribution < 1.29 is 9.53 Å². The van der Waals surface area contributed by atoms with Crippen molar-refractivity contribution in [1.29, 1.82) is 0 Å². The van der Waals surface area contributed by atoms with Crippen LogP contribution in [0.25, 0.3) is 10.8 Å². The van der Waals surface area contributed by atoms with E-state index in [4.69, 9.17) is 4.74 Å². The van der Waals surface area contributed by atoms with Gasteiger partial charge in [-0.15, -0.1) is 0 Å². The van der Waals surface area contributed by atoms with Gasteiger partial charge in [-0.2, -0.15) is 0 Å². The van der Waals surface area contributed by atoms with Gasteiger partial charge in [0.2, 0.25) is 5.88 Å². The van der Waals surface area contributed by atoms with Crippen LogP contribution in [0.5, 0.6) is 5.88 Å². The zero-order valence-corrected chi connectivity index (χ0v) is 16.0. The number of nitrogens with zero attached hydrogens (tertiary/aromatic N) is 1. The fourth-order valence-electron chi connectivity index (χ4n) is 3.70. The van der Waals surface area contributed by atoms with Crippen molar-refractivity contribution >= 4 is 22.5 Å². The number of fused-ring (bicyclic) bond motifs is 1. The Labute approximate surface area is 165 Å². The van der Waals surface area contributed by atoms with E-state index in [2.05, 4.69) is 15.6 Å². The van der Waals surface area contributed by atoms with Gasteiger partial charge in [-0.25, -0.2) is 9.78 Å². The van der Waals surface area contributed by atoms with Gasteiger partial charge in [0, 0.05) is 23.7 Å². The number of aryl methyl sites for hydroxylation is 1. The molecule has 0 bridgehead atoms. The normalized spacial score (nSPS) is 19.2. The molecule has 28 heavy (non-hydrogen) atoms. The number of benzene rings is 2. The summed E-state index contributed by atoms with van der Waals surface area (Å²) in [5, 5.41) is 8.26. The van der Waals surface area contributed by atoms with E-state index in [1.54, 1.807) is 0 Å². The smallest absolute Gasteiger partial charge is 0.319 e. The van der Waals surface area contributed by atoms with Crippen LogP contribution in [0.15, 0.2) is 60.8 Å². The van der Waals surface area contributed by atoms with Gasteiger partial charge in [0.15, 0.2) is 0 Å². The molecule has 1 aliphatic rings. The molecule has 1 fully saturated rings. The van der Waals surface area contributed by atoms with Gasteiger partial charge in [0.25, 0.3) is 0 Å². The second-order valence-corrected chi connectivity index (χ2v) is 7.39. The molecular weight excluding hydrogens is 350 g/mol. The van der Waals surface area contributed by atoms with Gasteiger partial charge in [-0.3, -0.25) is 0 Å². The zero-order valence-electron chi connectivity index (χ0n) is 16.0. The third kappa shape index (κ3) is 4.42. The molecule has 5 heteroatoms. The summed E-state index contributed by atoms with van der Waals surface area (Å²) in [5.41, 5.74) is 1.95. The Kier molecular flexibility index (Phi) is 5.42. The minimum absolute atomic E-state index is 0.152. The maximum atomic E-state index is 12.5. The number of carbonyl (C=O) groups is 1. The predicted octanol–water partition coefficient (Wildman–Crippen LogP) is 5.05. The fraction of sp³-hybridized carbons (Fsp3) is 0.304. The first kappa shape index (κ1) is 18.3. The molecule has 1 aromatic heterocycles. The van der Waals surface area contributed by atoms with Gasteiger partial charge in [-0.1, -0.05) is 42.5 Å². The fourth-order valence-corrected chi connectivity index (χ4v) is 3.70. The van der Waals surface area contributed by atoms with Crippen molar-refractivity contribution in [3.05, 3.63) is 66.4 Å². The number of aromatic nitrogens is 1. The highest BCUT2D eigenvalue weighted by Gasteiger charge is 2.24. The number of ether oxygens (including phenoxy) is 1. The summed E-state index contributed by atoms with van der Waals surface area (Å²) in [6, 6.07) is 17.9. The quantitative estimate of drug-likeness (QED) is 0.670. The molecule has 0 unspecified atom stereocenters. The molecule has 2 N–H and O–H groups in total. The number of anilines is 1. The second-order valence-electron chi connectivity index (χ2n) is 7.39. The van der Waals surface area contributed by atoms with Crippen molar-refractivity contribution in [2.45, 2.75) is 44.8 Å². The van der Waals surface area contributed by atoms with Gasteiger partial charge >= 0.3 is 6.03 Å². The van der Waals surface area contributed by atoms with E-state index in [1.165, 1.54) is 0 Å². The van der Waals surface area contributed by atoms with Crippen molar-refractivity contribution in [2.75, 3.05) is 5.32 Å². The lowest BCUT2D eigenvalue weighted by molar-refractivity contribution is 0.135. The monoisotopic (exact) mass is 375 g/mol. The number of amides is 2. The number of nitrogens with one attached hydrogen (secondary N) is 2. The standard InChI is InChI=1S/C23H25N3O2/c1-16-9-14-22(24-15-16)28-19-12-10-18(11-13-19)25-23(27)26-21-8-4-6-17-5-2-3-7-20(17)21/h2-9,14-15,18-19H,10-13H2,1H3,(H2,25,26,27). The Balaban J connectivity index is 1.28. The van der Waals surface area contributed by atoms with Crippen LogP contribution >= 0.6 is 0 Å². The molecule has 0 aliphatic heterocycles. The Morgan fingerprint density at radius 2 is 1.79 bits per heavy atom. The van der Waals surface area contributed by atoms with E-state index < -0.39 is 0 Å². The first-order valence-electron chi connectivity index (χ1n) is 9.82. The summed E-state index contributed by atoms with van der Waals surface area (Å²) in [6.45, 7) is 2.01. The van der Waals surface area contributed by atoms with Crippen molar-refractivity contribution in [2.24, 2.45) is 0 Å². The van der Waals surface area contributed by atoms with Gasteiger partial charge in [-0.05, 0) is 49.6 Å². The van der Waals surface area contributed by atoms with E-state index in [0.717, 1.165) is 47.7 Å². The lowest BCUT2D eigenvalue weighted by Crippen LogP contribution is -2.41. The molecule has 3 aromatic rings. The molecule has 144 valence electrons. The lowest BCUT2D eigenvalue weighted by atomic mass is 9.93. The van der Waals surface area contributed by atoms with Crippen molar-refractivity contribution in [1.82, 2.24) is 10.3 Å². The molecule has 1 aliphatic carbocycles. The molecule has 2 aromatic carbocycles. The Hall–Kier alpha value is -3.08. The van der Waals surface area contributed by atoms with Crippen LogP contribution in [0.3, 0.4) is 0 Å². The average Bonchev–Trinajstić information content (AvgIpc) is 2.71. The number of urea groups is 1. The maximum Gasteiger partial charge on any atom is 0.319 e. The summed E-state index contributed by atoms with van der Waals surface area (Å²) in [5.74, 6) is 0.677. The first-order valence-corrected chi connectivity index (χ1v) is 9.82. The third-order valence-electron chi connectivity index (χ3n) is 5.22. The summed E-state index contributed by atoms with van der Waals surface area (Å²) in [6.07, 6.45) is 5.61. The maximum absolute atomic E-state index is 12.5. The predicted molar refractivity (Wildman–Crippen MR) is 112 cm³/mol. The Bertz CT molecular complexity index is 942. The SMILES string of the molecule is Cc1ccc(OC2CCC(NC(=O)Nc3cccc4ccccc34)CC2)nc1. The lowest BCUT2D eigenvalue weighted by Gasteiger charge is -2.29. The molecule has 5 nitrogen and oxygen atoms in total. The number of carbonyl (C=O) groups excluding carboxylic acids is 1. The van der Waals surface area contributed by atoms with Crippen LogP contribution in [0.1, 0.15) is 31.2 Å². The second kappa shape index (κ2) is 8.30. The molecule has 4 rings (SSSR count). The van der Waals surface area contributed by atoms with Crippen LogP contribution in [0.4, 0.5) is 10.5 Å². The molecule has 0 saturated heterocycles. The Morgan fingerprint density at radius 3 is 2.57 bits per heavy atom. The minimum atomic E-state index is -0.152. The molecule has 1 saturated carbocycles. The molecular formula is C23H25N3O2. The number of pyridine rings is 1. The number of rotatable bonds is 4. The molecule has 2 amide bonds. The summed E-state index contributed by atoms with van der Waals surface area (Å²) in [7, 11) is 0. The van der Waals surface area contributed by atoms with Gasteiger partial charge in [0.05, 0.1) is 5.69 Å². The van der Waals surface area contributed by atoms with E-state index in [-0.39, 0.29) is 18.2 Å². The summed E-state index contributed by atoms with van der Waals surface area (Å²) < 4.78 is 5.97. The molecule has 0 radical (unpaired) electrons. The van der Waals surface area contributed by atoms with E-state index in [0.29, 0.717) is 5.88 Å². The summed E-state index contributed by atoms with van der Waals surface area (Å²) >= 11 is 0. The van der Waals surface area contributed by atoms with Crippen LogP contribution in [0.2, 0.25) is 0 Å². The first-order chi connectivity index (χ1) is 13.7. The van der Waals surface area contributed by atoms with E-state index >= 15 is 0 Å². The van der Waals surface area contributed by atoms with Crippen molar-refractivity contribution in [3.8, 4) is 5.88 Å². The highest BCUT2D eigenvalue weighted by molar-refractivity contribution is 6.01. The topological polar surface area (TPSA) is 63.2 Å². The average molecular weight is 375 g/mol. The summed E-state index contributed by atoms with van der Waals surface area (Å²) in [4.78, 5) is 16.8. The van der Waals surface area contributed by atoms with E-state index in [9.17, 15) is 4.79 Å².